The molecule has 1 aliphatic rings. The maximum atomic E-state index is 13.2. The molecule has 1 aromatic carbocycles. The summed E-state index contributed by atoms with van der Waals surface area (Å²) < 4.78 is 3.47. The van der Waals surface area contributed by atoms with Crippen molar-refractivity contribution in [3.63, 3.8) is 0 Å². The largest absolute Gasteiger partial charge is 0.320 e. The van der Waals surface area contributed by atoms with Gasteiger partial charge < -0.3 is 5.32 Å². The van der Waals surface area contributed by atoms with Gasteiger partial charge in [-0.25, -0.2) is 4.68 Å². The van der Waals surface area contributed by atoms with E-state index in [0.29, 0.717) is 5.69 Å². The lowest BCUT2D eigenvalue weighted by atomic mass is 10.1. The van der Waals surface area contributed by atoms with Crippen LogP contribution in [0.4, 0.5) is 5.69 Å². The molecule has 1 aromatic heterocycles. The predicted octanol–water partition coefficient (Wildman–Crippen LogP) is 4.48. The van der Waals surface area contributed by atoms with E-state index in [9.17, 15) is 9.59 Å². The van der Waals surface area contributed by atoms with E-state index in [1.165, 1.54) is 5.57 Å². The first kappa shape index (κ1) is 20.2. The lowest BCUT2D eigenvalue weighted by molar-refractivity contribution is -0.118. The molecule has 150 valence electrons. The summed E-state index contributed by atoms with van der Waals surface area (Å²) in [4.78, 5) is 26.3. The quantitative estimate of drug-likeness (QED) is 0.777. The van der Waals surface area contributed by atoms with Crippen molar-refractivity contribution in [2.75, 3.05) is 5.32 Å². The van der Waals surface area contributed by atoms with Crippen molar-refractivity contribution in [2.24, 2.45) is 24.3 Å². The molecule has 0 bridgehead atoms. The summed E-state index contributed by atoms with van der Waals surface area (Å²) in [5.41, 5.74) is 2.94. The average molecular weight is 382 g/mol. The molecule has 0 radical (unpaired) electrons. The molecule has 1 fully saturated rings. The summed E-state index contributed by atoms with van der Waals surface area (Å²) in [6, 6.07) is 9.51. The molecule has 1 aliphatic carbocycles. The van der Waals surface area contributed by atoms with E-state index in [2.05, 4.69) is 39.1 Å². The van der Waals surface area contributed by atoms with Crippen LogP contribution in [0.2, 0.25) is 0 Å². The Hall–Kier alpha value is -2.56. The number of amides is 1. The number of hydrogen-bond acceptors (Lipinski definition) is 2. The number of benzene rings is 1. The molecule has 2 aromatic rings. The van der Waals surface area contributed by atoms with E-state index < -0.39 is 0 Å². The molecule has 28 heavy (non-hydrogen) atoms. The summed E-state index contributed by atoms with van der Waals surface area (Å²) >= 11 is 0. The van der Waals surface area contributed by atoms with Gasteiger partial charge in [0.25, 0.3) is 5.56 Å². The number of allylic oxidation sites excluding steroid dienone is 2. The van der Waals surface area contributed by atoms with E-state index >= 15 is 0 Å². The zero-order chi connectivity index (χ0) is 20.8. The Kier molecular flexibility index (Phi) is 5.13. The molecule has 0 unspecified atom stereocenters. The number of aromatic nitrogens is 2. The number of nitrogens with one attached hydrogen (secondary N) is 1. The first-order chi connectivity index (χ1) is 13.1. The molecule has 1 N–H and O–H groups in total. The maximum absolute atomic E-state index is 13.2. The molecule has 5 heteroatoms. The number of hydrogen-bond donors (Lipinski definition) is 1. The molecule has 0 spiro atoms. The van der Waals surface area contributed by atoms with Gasteiger partial charge in [0.15, 0.2) is 0 Å². The normalized spacial score (nSPS) is 20.1. The van der Waals surface area contributed by atoms with Crippen LogP contribution in [-0.2, 0) is 11.8 Å². The number of para-hydroxylation sites is 1. The van der Waals surface area contributed by atoms with E-state index in [-0.39, 0.29) is 34.6 Å². The van der Waals surface area contributed by atoms with Crippen molar-refractivity contribution in [2.45, 2.75) is 47.5 Å². The van der Waals surface area contributed by atoms with Gasteiger partial charge in [0.1, 0.15) is 5.69 Å². The van der Waals surface area contributed by atoms with Crippen molar-refractivity contribution in [3.8, 4) is 5.69 Å². The first-order valence-corrected chi connectivity index (χ1v) is 9.90. The van der Waals surface area contributed by atoms with Crippen LogP contribution in [0, 0.1) is 17.3 Å². The van der Waals surface area contributed by atoms with Crippen LogP contribution in [0.5, 0.6) is 0 Å². The van der Waals surface area contributed by atoms with Gasteiger partial charge in [-0.3, -0.25) is 14.3 Å². The monoisotopic (exact) mass is 381 g/mol. The fourth-order valence-corrected chi connectivity index (χ4v) is 4.31. The summed E-state index contributed by atoms with van der Waals surface area (Å²) in [5.74, 6) is 0.114. The highest BCUT2D eigenvalue weighted by Crippen LogP contribution is 2.59. The van der Waals surface area contributed by atoms with Crippen LogP contribution >= 0.6 is 0 Å². The Morgan fingerprint density at radius 3 is 2.32 bits per heavy atom. The molecular formula is C23H31N3O2. The smallest absolute Gasteiger partial charge is 0.295 e. The minimum absolute atomic E-state index is 0.0719. The van der Waals surface area contributed by atoms with Gasteiger partial charge in [0.2, 0.25) is 5.91 Å². The van der Waals surface area contributed by atoms with Crippen molar-refractivity contribution >= 4 is 11.6 Å². The van der Waals surface area contributed by atoms with E-state index in [4.69, 9.17) is 0 Å². The van der Waals surface area contributed by atoms with Gasteiger partial charge in [-0.15, -0.1) is 0 Å². The predicted molar refractivity (Wildman–Crippen MR) is 114 cm³/mol. The molecule has 0 saturated heterocycles. The first-order valence-electron chi connectivity index (χ1n) is 9.90. The third-order valence-electron chi connectivity index (χ3n) is 5.81. The Bertz CT molecular complexity index is 973. The second-order valence-corrected chi connectivity index (χ2v) is 8.95. The molecule has 1 saturated carbocycles. The van der Waals surface area contributed by atoms with Crippen LogP contribution in [-0.4, -0.2) is 15.3 Å². The number of carbonyl (C=O) groups excluding carboxylic acids is 1. The van der Waals surface area contributed by atoms with Crippen LogP contribution in [0.25, 0.3) is 5.69 Å². The van der Waals surface area contributed by atoms with Gasteiger partial charge in [-0.05, 0) is 43.2 Å². The third-order valence-corrected chi connectivity index (χ3v) is 5.81. The molecular weight excluding hydrogens is 350 g/mol. The number of anilines is 1. The van der Waals surface area contributed by atoms with Crippen LogP contribution in [0.3, 0.4) is 0 Å². The van der Waals surface area contributed by atoms with Crippen molar-refractivity contribution in [3.05, 3.63) is 58.0 Å². The minimum atomic E-state index is -0.192. The van der Waals surface area contributed by atoms with E-state index in [1.807, 2.05) is 55.9 Å². The maximum Gasteiger partial charge on any atom is 0.295 e. The zero-order valence-electron chi connectivity index (χ0n) is 17.9. The Labute approximate surface area is 167 Å². The minimum Gasteiger partial charge on any atom is -0.320 e. The van der Waals surface area contributed by atoms with E-state index in [0.717, 1.165) is 11.4 Å². The van der Waals surface area contributed by atoms with Crippen molar-refractivity contribution in [1.29, 1.82) is 0 Å². The fraction of sp³-hybridized carbons (Fsp3) is 0.478. The highest BCUT2D eigenvalue weighted by atomic mass is 16.2. The average Bonchev–Trinajstić information content (AvgIpc) is 3.03. The lowest BCUT2D eigenvalue weighted by Crippen LogP contribution is -2.24. The van der Waals surface area contributed by atoms with Gasteiger partial charge >= 0.3 is 0 Å². The van der Waals surface area contributed by atoms with Crippen LogP contribution in [0.1, 0.15) is 53.2 Å². The molecule has 3 rings (SSSR count). The Balaban J connectivity index is 2.00. The van der Waals surface area contributed by atoms with Crippen LogP contribution in [0.15, 0.2) is 46.8 Å². The second-order valence-electron chi connectivity index (χ2n) is 8.95. The SMILES string of the molecule is CC(C)=C[C@@H]1[C@H](C(=O)Nc2c(C(C)C)n(C)n(-c3ccccc3)c2=O)C1(C)C. The number of carbonyl (C=O) groups is 1. The van der Waals surface area contributed by atoms with Gasteiger partial charge in [-0.2, -0.15) is 0 Å². The van der Waals surface area contributed by atoms with Crippen molar-refractivity contribution in [1.82, 2.24) is 9.36 Å². The second kappa shape index (κ2) is 7.12. The number of nitrogens with zero attached hydrogens (tertiary/aromatic N) is 2. The molecule has 2 atom stereocenters. The van der Waals surface area contributed by atoms with E-state index in [1.54, 1.807) is 4.68 Å². The topological polar surface area (TPSA) is 56.0 Å². The third kappa shape index (κ3) is 3.34. The van der Waals surface area contributed by atoms with Gasteiger partial charge in [0, 0.05) is 7.05 Å². The van der Waals surface area contributed by atoms with Gasteiger partial charge in [0.05, 0.1) is 17.3 Å². The summed E-state index contributed by atoms with van der Waals surface area (Å²) in [7, 11) is 1.87. The fourth-order valence-electron chi connectivity index (χ4n) is 4.31. The summed E-state index contributed by atoms with van der Waals surface area (Å²) in [6.07, 6.45) is 2.17. The zero-order valence-corrected chi connectivity index (χ0v) is 17.9. The Morgan fingerprint density at radius 1 is 1.18 bits per heavy atom. The highest BCUT2D eigenvalue weighted by Gasteiger charge is 2.60. The Morgan fingerprint density at radius 2 is 1.79 bits per heavy atom. The molecule has 0 aliphatic heterocycles. The summed E-state index contributed by atoms with van der Waals surface area (Å²) in [5, 5.41) is 2.99. The molecule has 5 nitrogen and oxygen atoms in total. The lowest BCUT2D eigenvalue weighted by Gasteiger charge is -2.13. The van der Waals surface area contributed by atoms with Crippen LogP contribution < -0.4 is 10.9 Å². The van der Waals surface area contributed by atoms with Crippen molar-refractivity contribution < 1.29 is 4.79 Å². The van der Waals surface area contributed by atoms with Gasteiger partial charge in [-0.1, -0.05) is 57.5 Å². The highest BCUT2D eigenvalue weighted by molar-refractivity contribution is 5.96. The number of rotatable bonds is 5. The summed E-state index contributed by atoms with van der Waals surface area (Å²) in [6.45, 7) is 12.4. The standard InChI is InChI=1S/C23H31N3O2/c1-14(2)13-17-18(23(17,5)6)21(27)24-19-20(15(3)4)25(7)26(22(19)28)16-11-9-8-10-12-16/h8-13,15,17-18H,1-7H3,(H,24,27)/t17-,18-/m1/s1. The molecule has 1 amide bonds. The molecule has 1 heterocycles.